The Hall–Kier alpha value is -3.65. The molecule has 0 atom stereocenters. The number of nitrogens with one attached hydrogen (secondary N) is 1. The minimum Gasteiger partial charge on any atom is -0.487 e. The molecule has 0 fully saturated rings. The van der Waals surface area contributed by atoms with Gasteiger partial charge in [-0.05, 0) is 48.9 Å². The quantitative estimate of drug-likeness (QED) is 0.469. The summed E-state index contributed by atoms with van der Waals surface area (Å²) in [7, 11) is 1.32. The van der Waals surface area contributed by atoms with Crippen LogP contribution in [0.2, 0.25) is 0 Å². The van der Waals surface area contributed by atoms with Crippen LogP contribution in [0.3, 0.4) is 0 Å². The number of benzene rings is 1. The van der Waals surface area contributed by atoms with Gasteiger partial charge in [0.1, 0.15) is 22.9 Å². The van der Waals surface area contributed by atoms with Crippen molar-refractivity contribution in [3.05, 3.63) is 82.6 Å². The third-order valence-corrected chi connectivity index (χ3v) is 5.34. The van der Waals surface area contributed by atoms with Crippen LogP contribution in [-0.2, 0) is 11.3 Å². The molecule has 4 rings (SSSR count). The van der Waals surface area contributed by atoms with Crippen molar-refractivity contribution in [2.24, 2.45) is 0 Å². The summed E-state index contributed by atoms with van der Waals surface area (Å²) in [5.74, 6) is -0.155. The van der Waals surface area contributed by atoms with Gasteiger partial charge in [0.15, 0.2) is 0 Å². The zero-order valence-corrected chi connectivity index (χ0v) is 17.2. The second-order valence-corrected chi connectivity index (χ2v) is 7.71. The second kappa shape index (κ2) is 8.38. The molecule has 7 nitrogen and oxygen atoms in total. The largest absolute Gasteiger partial charge is 0.487 e. The number of aryl methyl sites for hydroxylation is 1. The minimum atomic E-state index is -0.432. The fraction of sp³-hybridized carbons (Fsp3) is 0.136. The van der Waals surface area contributed by atoms with Crippen LogP contribution in [0.4, 0.5) is 5.00 Å². The molecule has 0 bridgehead atoms. The lowest BCUT2D eigenvalue weighted by Gasteiger charge is -2.07. The van der Waals surface area contributed by atoms with Crippen molar-refractivity contribution in [3.63, 3.8) is 0 Å². The predicted octanol–water partition coefficient (Wildman–Crippen LogP) is 4.32. The number of carbonyl (C=O) groups excluding carboxylic acids is 2. The summed E-state index contributed by atoms with van der Waals surface area (Å²) in [5, 5.41) is 3.34. The first-order valence-electron chi connectivity index (χ1n) is 9.18. The number of hydrogen-bond donors (Lipinski definition) is 1. The van der Waals surface area contributed by atoms with Crippen LogP contribution in [0, 0.1) is 6.92 Å². The van der Waals surface area contributed by atoms with Crippen LogP contribution in [0.25, 0.3) is 5.65 Å². The van der Waals surface area contributed by atoms with E-state index in [1.165, 1.54) is 7.11 Å². The maximum atomic E-state index is 12.5. The van der Waals surface area contributed by atoms with E-state index in [2.05, 4.69) is 15.0 Å². The molecule has 30 heavy (non-hydrogen) atoms. The van der Waals surface area contributed by atoms with Crippen molar-refractivity contribution >= 4 is 33.9 Å². The molecular weight excluding hydrogens is 402 g/mol. The van der Waals surface area contributed by atoms with Gasteiger partial charge in [0.05, 0.1) is 17.8 Å². The van der Waals surface area contributed by atoms with Crippen LogP contribution in [0.15, 0.2) is 60.9 Å². The lowest BCUT2D eigenvalue weighted by atomic mass is 10.2. The molecule has 0 saturated heterocycles. The van der Waals surface area contributed by atoms with Gasteiger partial charge in [0.2, 0.25) is 0 Å². The number of thiophene rings is 1. The fourth-order valence-electron chi connectivity index (χ4n) is 2.91. The number of methoxy groups -OCH3 is 1. The number of aromatic nitrogens is 2. The van der Waals surface area contributed by atoms with Crippen LogP contribution in [0.5, 0.6) is 5.75 Å². The Kier molecular flexibility index (Phi) is 5.49. The zero-order chi connectivity index (χ0) is 21.1. The van der Waals surface area contributed by atoms with Gasteiger partial charge in [-0.15, -0.1) is 11.3 Å². The van der Waals surface area contributed by atoms with Crippen LogP contribution in [0.1, 0.15) is 31.3 Å². The van der Waals surface area contributed by atoms with Crippen molar-refractivity contribution in [2.75, 3.05) is 12.4 Å². The first-order chi connectivity index (χ1) is 14.5. The molecule has 0 radical (unpaired) electrons. The summed E-state index contributed by atoms with van der Waals surface area (Å²) in [4.78, 5) is 29.0. The average Bonchev–Trinajstić information content (AvgIpc) is 3.38. The molecule has 1 aromatic carbocycles. The Balaban J connectivity index is 1.42. The number of nitrogens with zero attached hydrogens (tertiary/aromatic N) is 2. The van der Waals surface area contributed by atoms with E-state index in [4.69, 9.17) is 4.74 Å². The summed E-state index contributed by atoms with van der Waals surface area (Å²) in [6.07, 6.45) is 3.93. The van der Waals surface area contributed by atoms with Gasteiger partial charge >= 0.3 is 5.97 Å². The number of ether oxygens (including phenoxy) is 2. The van der Waals surface area contributed by atoms with Gasteiger partial charge in [-0.3, -0.25) is 4.79 Å². The topological polar surface area (TPSA) is 81.9 Å². The number of amides is 1. The standard InChI is InChI=1S/C22H19N3O4S/c1-14-6-8-19-23-16(12-25(19)11-14)13-29-17-5-3-4-15(10-17)21(26)24-20-9-7-18(30-20)22(27)28-2/h3-12H,13H2,1-2H3,(H,24,26). The lowest BCUT2D eigenvalue weighted by Crippen LogP contribution is -2.11. The molecule has 0 aliphatic heterocycles. The summed E-state index contributed by atoms with van der Waals surface area (Å²) in [6.45, 7) is 2.32. The van der Waals surface area contributed by atoms with Gasteiger partial charge in [-0.25, -0.2) is 9.78 Å². The number of hydrogen-bond acceptors (Lipinski definition) is 6. The van der Waals surface area contributed by atoms with Crippen LogP contribution < -0.4 is 10.1 Å². The maximum Gasteiger partial charge on any atom is 0.348 e. The summed E-state index contributed by atoms with van der Waals surface area (Å²) < 4.78 is 12.5. The maximum absolute atomic E-state index is 12.5. The number of carbonyl (C=O) groups is 2. The van der Waals surface area contributed by atoms with Gasteiger partial charge in [0.25, 0.3) is 5.91 Å². The first kappa shape index (κ1) is 19.7. The molecule has 152 valence electrons. The van der Waals surface area contributed by atoms with E-state index in [1.54, 1.807) is 36.4 Å². The molecule has 1 N–H and O–H groups in total. The van der Waals surface area contributed by atoms with E-state index in [0.717, 1.165) is 28.2 Å². The molecule has 3 heterocycles. The second-order valence-electron chi connectivity index (χ2n) is 6.63. The number of esters is 1. The summed E-state index contributed by atoms with van der Waals surface area (Å²) in [6, 6.07) is 14.2. The van der Waals surface area contributed by atoms with Gasteiger partial charge in [-0.2, -0.15) is 0 Å². The smallest absolute Gasteiger partial charge is 0.348 e. The fourth-order valence-corrected chi connectivity index (χ4v) is 3.73. The predicted molar refractivity (Wildman–Crippen MR) is 114 cm³/mol. The van der Waals surface area contributed by atoms with Crippen molar-refractivity contribution < 1.29 is 19.1 Å². The Bertz CT molecular complexity index is 1230. The molecular formula is C22H19N3O4S. The number of anilines is 1. The normalized spacial score (nSPS) is 10.7. The Morgan fingerprint density at radius 2 is 2.00 bits per heavy atom. The highest BCUT2D eigenvalue weighted by Crippen LogP contribution is 2.24. The summed E-state index contributed by atoms with van der Waals surface area (Å²) in [5.41, 5.74) is 3.25. The minimum absolute atomic E-state index is 0.290. The molecule has 3 aromatic heterocycles. The highest BCUT2D eigenvalue weighted by atomic mass is 32.1. The third-order valence-electron chi connectivity index (χ3n) is 4.36. The van der Waals surface area contributed by atoms with Crippen molar-refractivity contribution in [1.29, 1.82) is 0 Å². The van der Waals surface area contributed by atoms with E-state index >= 15 is 0 Å². The highest BCUT2D eigenvalue weighted by molar-refractivity contribution is 7.18. The molecule has 0 aliphatic rings. The molecule has 4 aromatic rings. The van der Waals surface area contributed by atoms with E-state index in [0.29, 0.717) is 27.8 Å². The number of fused-ring (bicyclic) bond motifs is 1. The highest BCUT2D eigenvalue weighted by Gasteiger charge is 2.13. The number of pyridine rings is 1. The Morgan fingerprint density at radius 3 is 2.83 bits per heavy atom. The lowest BCUT2D eigenvalue weighted by molar-refractivity contribution is 0.0606. The molecule has 0 saturated carbocycles. The van der Waals surface area contributed by atoms with E-state index in [-0.39, 0.29) is 5.91 Å². The van der Waals surface area contributed by atoms with Crippen LogP contribution >= 0.6 is 11.3 Å². The first-order valence-corrected chi connectivity index (χ1v) is 10.00. The van der Waals surface area contributed by atoms with Crippen LogP contribution in [-0.4, -0.2) is 28.4 Å². The zero-order valence-electron chi connectivity index (χ0n) is 16.4. The molecule has 1 amide bonds. The number of imidazole rings is 1. The molecule has 0 aliphatic carbocycles. The van der Waals surface area contributed by atoms with Gasteiger partial charge in [-0.1, -0.05) is 12.1 Å². The molecule has 0 unspecified atom stereocenters. The molecule has 0 spiro atoms. The van der Waals surface area contributed by atoms with Gasteiger partial charge < -0.3 is 19.2 Å². The average molecular weight is 421 g/mol. The SMILES string of the molecule is COC(=O)c1ccc(NC(=O)c2cccc(OCc3cn4cc(C)ccc4n3)c2)s1. The Morgan fingerprint density at radius 1 is 1.13 bits per heavy atom. The van der Waals surface area contributed by atoms with E-state index in [9.17, 15) is 9.59 Å². The van der Waals surface area contributed by atoms with E-state index < -0.39 is 5.97 Å². The monoisotopic (exact) mass is 421 g/mol. The van der Waals surface area contributed by atoms with Crippen molar-refractivity contribution in [1.82, 2.24) is 9.38 Å². The third kappa shape index (κ3) is 4.33. The van der Waals surface area contributed by atoms with E-state index in [1.807, 2.05) is 35.9 Å². The Labute approximate surface area is 176 Å². The van der Waals surface area contributed by atoms with Gasteiger partial charge in [0, 0.05) is 18.0 Å². The number of rotatable bonds is 6. The summed E-state index contributed by atoms with van der Waals surface area (Å²) >= 11 is 1.15. The molecule has 8 heteroatoms. The van der Waals surface area contributed by atoms with Crippen molar-refractivity contribution in [3.8, 4) is 5.75 Å². The van der Waals surface area contributed by atoms with Crippen molar-refractivity contribution in [2.45, 2.75) is 13.5 Å².